The first kappa shape index (κ1) is 17.1. The van der Waals surface area contributed by atoms with E-state index in [0.29, 0.717) is 23.7 Å². The fourth-order valence-electron chi connectivity index (χ4n) is 3.03. The molecule has 1 aromatic heterocycles. The van der Waals surface area contributed by atoms with E-state index >= 15 is 0 Å². The van der Waals surface area contributed by atoms with E-state index in [4.69, 9.17) is 0 Å². The summed E-state index contributed by atoms with van der Waals surface area (Å²) in [6, 6.07) is 6.16. The van der Waals surface area contributed by atoms with Gasteiger partial charge in [0.1, 0.15) is 6.04 Å². The number of nitrogens with zero attached hydrogens (tertiary/aromatic N) is 2. The Labute approximate surface area is 145 Å². The Kier molecular flexibility index (Phi) is 4.83. The molecule has 0 aliphatic carbocycles. The highest BCUT2D eigenvalue weighted by atomic mass is 16.2. The summed E-state index contributed by atoms with van der Waals surface area (Å²) in [4.78, 5) is 37.4. The van der Waals surface area contributed by atoms with Gasteiger partial charge in [0.2, 0.25) is 5.91 Å². The fourth-order valence-corrected chi connectivity index (χ4v) is 3.03. The van der Waals surface area contributed by atoms with Gasteiger partial charge in [0.05, 0.1) is 11.4 Å². The minimum atomic E-state index is -0.574. The van der Waals surface area contributed by atoms with Crippen molar-refractivity contribution in [2.24, 2.45) is 0 Å². The van der Waals surface area contributed by atoms with Crippen LogP contribution in [0.3, 0.4) is 0 Å². The summed E-state index contributed by atoms with van der Waals surface area (Å²) >= 11 is 0. The molecule has 0 saturated carbocycles. The second-order valence-corrected chi connectivity index (χ2v) is 6.55. The maximum Gasteiger partial charge on any atom is 0.274 e. The lowest BCUT2D eigenvalue weighted by Gasteiger charge is -2.17. The number of benzene rings is 1. The molecule has 2 N–H and O–H groups in total. The number of rotatable bonds is 3. The Morgan fingerprint density at radius 3 is 2.68 bits per heavy atom. The summed E-state index contributed by atoms with van der Waals surface area (Å²) in [5.74, 6) is -0.611. The SMILES string of the molecule is CC(C)n1nc(C(=O)NC2CCCCNC2=O)c2ccccc2c1=O. The first-order chi connectivity index (χ1) is 12.0. The molecule has 3 rings (SSSR count). The van der Waals surface area contributed by atoms with E-state index in [1.165, 1.54) is 4.68 Å². The predicted molar refractivity (Wildman–Crippen MR) is 94.5 cm³/mol. The van der Waals surface area contributed by atoms with Gasteiger partial charge in [-0.25, -0.2) is 4.68 Å². The summed E-state index contributed by atoms with van der Waals surface area (Å²) in [5.41, 5.74) is -0.0599. The van der Waals surface area contributed by atoms with E-state index < -0.39 is 11.9 Å². The van der Waals surface area contributed by atoms with Crippen molar-refractivity contribution in [1.82, 2.24) is 20.4 Å². The summed E-state index contributed by atoms with van der Waals surface area (Å²) in [7, 11) is 0. The van der Waals surface area contributed by atoms with Crippen molar-refractivity contribution in [2.45, 2.75) is 45.2 Å². The molecular formula is C18H22N4O3. The van der Waals surface area contributed by atoms with Crippen LogP contribution in [0.4, 0.5) is 0 Å². The summed E-state index contributed by atoms with van der Waals surface area (Å²) in [5, 5.41) is 10.8. The lowest BCUT2D eigenvalue weighted by Crippen LogP contribution is -2.46. The molecule has 1 atom stereocenters. The van der Waals surface area contributed by atoms with Crippen LogP contribution in [-0.2, 0) is 4.79 Å². The second kappa shape index (κ2) is 7.04. The fraction of sp³-hybridized carbons (Fsp3) is 0.444. The quantitative estimate of drug-likeness (QED) is 0.881. The van der Waals surface area contributed by atoms with E-state index in [-0.39, 0.29) is 23.2 Å². The Morgan fingerprint density at radius 1 is 1.24 bits per heavy atom. The van der Waals surface area contributed by atoms with E-state index in [9.17, 15) is 14.4 Å². The van der Waals surface area contributed by atoms with Gasteiger partial charge in [0.15, 0.2) is 5.69 Å². The van der Waals surface area contributed by atoms with Crippen LogP contribution in [-0.4, -0.2) is 34.2 Å². The molecule has 1 saturated heterocycles. The van der Waals surface area contributed by atoms with Crippen molar-refractivity contribution in [2.75, 3.05) is 6.54 Å². The molecule has 1 aromatic carbocycles. The number of aromatic nitrogens is 2. The summed E-state index contributed by atoms with van der Waals surface area (Å²) < 4.78 is 1.31. The number of carbonyl (C=O) groups is 2. The van der Waals surface area contributed by atoms with Gasteiger partial charge in [-0.05, 0) is 39.2 Å². The molecular weight excluding hydrogens is 320 g/mol. The number of amides is 2. The highest BCUT2D eigenvalue weighted by Gasteiger charge is 2.25. The van der Waals surface area contributed by atoms with Gasteiger partial charge in [0, 0.05) is 11.9 Å². The van der Waals surface area contributed by atoms with Crippen molar-refractivity contribution >= 4 is 22.6 Å². The maximum atomic E-state index is 12.8. The molecule has 1 aliphatic heterocycles. The Morgan fingerprint density at radius 2 is 1.96 bits per heavy atom. The number of fused-ring (bicyclic) bond motifs is 1. The zero-order valence-electron chi connectivity index (χ0n) is 14.4. The third-order valence-corrected chi connectivity index (χ3v) is 4.37. The smallest absolute Gasteiger partial charge is 0.274 e. The van der Waals surface area contributed by atoms with Crippen LogP contribution in [0, 0.1) is 0 Å². The molecule has 2 amide bonds. The number of nitrogens with one attached hydrogen (secondary N) is 2. The van der Waals surface area contributed by atoms with Gasteiger partial charge in [-0.3, -0.25) is 14.4 Å². The van der Waals surface area contributed by atoms with Crippen LogP contribution in [0.2, 0.25) is 0 Å². The predicted octanol–water partition coefficient (Wildman–Crippen LogP) is 1.38. The molecule has 1 unspecified atom stereocenters. The molecule has 1 fully saturated rings. The third kappa shape index (κ3) is 3.40. The van der Waals surface area contributed by atoms with E-state index in [0.717, 1.165) is 12.8 Å². The van der Waals surface area contributed by atoms with E-state index in [1.54, 1.807) is 24.3 Å². The van der Waals surface area contributed by atoms with Gasteiger partial charge >= 0.3 is 0 Å². The average Bonchev–Trinajstić information content (AvgIpc) is 2.79. The molecule has 25 heavy (non-hydrogen) atoms. The molecule has 0 bridgehead atoms. The average molecular weight is 342 g/mol. The minimum absolute atomic E-state index is 0.168. The first-order valence-electron chi connectivity index (χ1n) is 8.59. The van der Waals surface area contributed by atoms with Gasteiger partial charge in [-0.2, -0.15) is 5.10 Å². The zero-order chi connectivity index (χ0) is 18.0. The molecule has 132 valence electrons. The first-order valence-corrected chi connectivity index (χ1v) is 8.59. The molecule has 7 nitrogen and oxygen atoms in total. The molecule has 2 heterocycles. The van der Waals surface area contributed by atoms with Crippen LogP contribution in [0.15, 0.2) is 29.1 Å². The Hall–Kier alpha value is -2.70. The van der Waals surface area contributed by atoms with Gasteiger partial charge < -0.3 is 10.6 Å². The van der Waals surface area contributed by atoms with Crippen molar-refractivity contribution in [3.05, 3.63) is 40.3 Å². The van der Waals surface area contributed by atoms with Crippen LogP contribution >= 0.6 is 0 Å². The van der Waals surface area contributed by atoms with Gasteiger partial charge in [-0.15, -0.1) is 0 Å². The topological polar surface area (TPSA) is 93.1 Å². The summed E-state index contributed by atoms with van der Waals surface area (Å²) in [6.45, 7) is 4.30. The molecule has 2 aromatic rings. The lowest BCUT2D eigenvalue weighted by molar-refractivity contribution is -0.122. The van der Waals surface area contributed by atoms with Crippen LogP contribution in [0.25, 0.3) is 10.8 Å². The largest absolute Gasteiger partial charge is 0.354 e. The van der Waals surface area contributed by atoms with Crippen molar-refractivity contribution < 1.29 is 9.59 Å². The van der Waals surface area contributed by atoms with Crippen LogP contribution < -0.4 is 16.2 Å². The van der Waals surface area contributed by atoms with Gasteiger partial charge in [-0.1, -0.05) is 18.2 Å². The van der Waals surface area contributed by atoms with Crippen molar-refractivity contribution in [3.8, 4) is 0 Å². The van der Waals surface area contributed by atoms with E-state index in [1.807, 2.05) is 13.8 Å². The monoisotopic (exact) mass is 342 g/mol. The zero-order valence-corrected chi connectivity index (χ0v) is 14.4. The third-order valence-electron chi connectivity index (χ3n) is 4.37. The van der Waals surface area contributed by atoms with Crippen molar-refractivity contribution in [1.29, 1.82) is 0 Å². The number of hydrogen-bond donors (Lipinski definition) is 2. The molecule has 1 aliphatic rings. The number of hydrogen-bond acceptors (Lipinski definition) is 4. The highest BCUT2D eigenvalue weighted by Crippen LogP contribution is 2.15. The van der Waals surface area contributed by atoms with Gasteiger partial charge in [0.25, 0.3) is 11.5 Å². The Bertz CT molecular complexity index is 872. The normalized spacial score (nSPS) is 18.0. The molecule has 0 radical (unpaired) electrons. The standard InChI is InChI=1S/C18H22N4O3/c1-11(2)22-18(25)13-8-4-3-7-12(13)15(21-22)17(24)20-14-9-5-6-10-19-16(14)23/h3-4,7-8,11,14H,5-6,9-10H2,1-2H3,(H,19,23)(H,20,24). The van der Waals surface area contributed by atoms with Crippen molar-refractivity contribution in [3.63, 3.8) is 0 Å². The lowest BCUT2D eigenvalue weighted by atomic mass is 10.1. The number of carbonyl (C=O) groups excluding carboxylic acids is 2. The highest BCUT2D eigenvalue weighted by molar-refractivity contribution is 6.06. The maximum absolute atomic E-state index is 12.8. The summed E-state index contributed by atoms with van der Waals surface area (Å²) in [6.07, 6.45) is 2.36. The second-order valence-electron chi connectivity index (χ2n) is 6.55. The van der Waals surface area contributed by atoms with E-state index in [2.05, 4.69) is 15.7 Å². The molecule has 0 spiro atoms. The van der Waals surface area contributed by atoms with Crippen LogP contribution in [0.5, 0.6) is 0 Å². The van der Waals surface area contributed by atoms with Crippen LogP contribution in [0.1, 0.15) is 49.6 Å². The molecule has 7 heteroatoms. The Balaban J connectivity index is 2.02. The minimum Gasteiger partial charge on any atom is -0.354 e.